The summed E-state index contributed by atoms with van der Waals surface area (Å²) in [6, 6.07) is 0. The van der Waals surface area contributed by atoms with Crippen LogP contribution in [0.2, 0.25) is 0 Å². The third-order valence-electron chi connectivity index (χ3n) is 2.00. The molecule has 3 nitrogen and oxygen atoms in total. The highest BCUT2D eigenvalue weighted by Crippen LogP contribution is 2.21. The SMILES string of the molecule is CCNS(=O)(=O)C1=C(C)CCC=C1. The van der Waals surface area contributed by atoms with Crippen molar-refractivity contribution in [1.29, 1.82) is 0 Å². The smallest absolute Gasteiger partial charge is 0.211 e. The normalized spacial score (nSPS) is 18.0. The summed E-state index contributed by atoms with van der Waals surface area (Å²) in [5.74, 6) is 0. The predicted octanol–water partition coefficient (Wildman–Crippen LogP) is 1.55. The van der Waals surface area contributed by atoms with E-state index < -0.39 is 10.0 Å². The standard InChI is InChI=1S/C9H15NO2S/c1-3-10-13(11,12)9-7-5-4-6-8(9)2/h5,7,10H,3-4,6H2,1-2H3. The zero-order chi connectivity index (χ0) is 9.90. The lowest BCUT2D eigenvalue weighted by atomic mass is 10.1. The van der Waals surface area contributed by atoms with Crippen molar-refractivity contribution in [2.24, 2.45) is 0 Å². The molecule has 1 aliphatic rings. The minimum atomic E-state index is -3.24. The summed E-state index contributed by atoms with van der Waals surface area (Å²) in [7, 11) is -3.24. The van der Waals surface area contributed by atoms with Crippen LogP contribution < -0.4 is 4.72 Å². The summed E-state index contributed by atoms with van der Waals surface area (Å²) in [5.41, 5.74) is 0.948. The number of nitrogens with one attached hydrogen (secondary N) is 1. The third-order valence-corrected chi connectivity index (χ3v) is 3.73. The van der Waals surface area contributed by atoms with Crippen molar-refractivity contribution in [1.82, 2.24) is 4.72 Å². The summed E-state index contributed by atoms with van der Waals surface area (Å²) < 4.78 is 25.6. The van der Waals surface area contributed by atoms with Crippen LogP contribution in [0.25, 0.3) is 0 Å². The quantitative estimate of drug-likeness (QED) is 0.753. The number of sulfonamides is 1. The van der Waals surface area contributed by atoms with Gasteiger partial charge in [0.15, 0.2) is 0 Å². The molecule has 1 rings (SSSR count). The van der Waals surface area contributed by atoms with Gasteiger partial charge in [0.05, 0.1) is 4.91 Å². The van der Waals surface area contributed by atoms with Gasteiger partial charge < -0.3 is 0 Å². The first-order valence-corrected chi connectivity index (χ1v) is 5.92. The molecule has 0 saturated carbocycles. The second-order valence-electron chi connectivity index (χ2n) is 3.09. The van der Waals surface area contributed by atoms with Gasteiger partial charge in [-0.2, -0.15) is 0 Å². The molecule has 0 saturated heterocycles. The number of rotatable bonds is 3. The van der Waals surface area contributed by atoms with Crippen LogP contribution in [-0.2, 0) is 10.0 Å². The molecule has 0 fully saturated rings. The molecular formula is C9H15NO2S. The lowest BCUT2D eigenvalue weighted by Gasteiger charge is -2.12. The first-order chi connectivity index (χ1) is 6.08. The molecule has 74 valence electrons. The lowest BCUT2D eigenvalue weighted by Crippen LogP contribution is -2.25. The maximum atomic E-state index is 11.6. The van der Waals surface area contributed by atoms with Crippen LogP contribution in [-0.4, -0.2) is 15.0 Å². The van der Waals surface area contributed by atoms with E-state index >= 15 is 0 Å². The van der Waals surface area contributed by atoms with Gasteiger partial charge >= 0.3 is 0 Å². The molecule has 0 bridgehead atoms. The Bertz CT molecular complexity index is 339. The number of allylic oxidation sites excluding steroid dienone is 3. The van der Waals surface area contributed by atoms with E-state index in [1.54, 1.807) is 13.0 Å². The highest BCUT2D eigenvalue weighted by atomic mass is 32.2. The van der Waals surface area contributed by atoms with Crippen molar-refractivity contribution >= 4 is 10.0 Å². The zero-order valence-electron chi connectivity index (χ0n) is 8.00. The largest absolute Gasteiger partial charge is 0.240 e. The van der Waals surface area contributed by atoms with Gasteiger partial charge in [-0.15, -0.1) is 0 Å². The molecule has 4 heteroatoms. The zero-order valence-corrected chi connectivity index (χ0v) is 8.82. The van der Waals surface area contributed by atoms with Crippen molar-refractivity contribution in [2.75, 3.05) is 6.54 Å². The molecule has 13 heavy (non-hydrogen) atoms. The second kappa shape index (κ2) is 4.07. The van der Waals surface area contributed by atoms with E-state index in [0.717, 1.165) is 18.4 Å². The molecular weight excluding hydrogens is 186 g/mol. The van der Waals surface area contributed by atoms with Gasteiger partial charge in [-0.1, -0.05) is 18.6 Å². The van der Waals surface area contributed by atoms with Gasteiger partial charge in [-0.05, 0) is 25.8 Å². The van der Waals surface area contributed by atoms with E-state index in [2.05, 4.69) is 4.72 Å². The van der Waals surface area contributed by atoms with E-state index in [9.17, 15) is 8.42 Å². The molecule has 0 amide bonds. The minimum Gasteiger partial charge on any atom is -0.211 e. The Balaban J connectivity index is 3.00. The Kier molecular flexibility index (Phi) is 3.27. The fourth-order valence-corrected chi connectivity index (χ4v) is 2.71. The Morgan fingerprint density at radius 2 is 2.23 bits per heavy atom. The van der Waals surface area contributed by atoms with E-state index in [-0.39, 0.29) is 0 Å². The monoisotopic (exact) mass is 201 g/mol. The first kappa shape index (κ1) is 10.5. The predicted molar refractivity (Wildman–Crippen MR) is 53.7 cm³/mol. The molecule has 1 aliphatic carbocycles. The molecule has 0 unspecified atom stereocenters. The summed E-state index contributed by atoms with van der Waals surface area (Å²) in [5, 5.41) is 0. The van der Waals surface area contributed by atoms with E-state index in [0.29, 0.717) is 11.4 Å². The summed E-state index contributed by atoms with van der Waals surface area (Å²) in [4.78, 5) is 0.445. The highest BCUT2D eigenvalue weighted by Gasteiger charge is 2.17. The Hall–Kier alpha value is -0.610. The van der Waals surface area contributed by atoms with Crippen LogP contribution in [0.4, 0.5) is 0 Å². The fourth-order valence-electron chi connectivity index (χ4n) is 1.34. The van der Waals surface area contributed by atoms with Crippen LogP contribution in [0.15, 0.2) is 22.6 Å². The Labute approximate surface area is 79.6 Å². The molecule has 0 aromatic rings. The van der Waals surface area contributed by atoms with Gasteiger partial charge in [-0.3, -0.25) is 0 Å². The van der Waals surface area contributed by atoms with Crippen molar-refractivity contribution in [2.45, 2.75) is 26.7 Å². The van der Waals surface area contributed by atoms with Crippen LogP contribution in [0, 0.1) is 0 Å². The molecule has 0 aliphatic heterocycles. The maximum absolute atomic E-state index is 11.6. The number of hydrogen-bond acceptors (Lipinski definition) is 2. The van der Waals surface area contributed by atoms with Gasteiger partial charge in [0.1, 0.15) is 0 Å². The molecule has 0 spiro atoms. The van der Waals surface area contributed by atoms with Crippen LogP contribution >= 0.6 is 0 Å². The molecule has 0 heterocycles. The average Bonchev–Trinajstić information content (AvgIpc) is 2.04. The van der Waals surface area contributed by atoms with Crippen LogP contribution in [0.1, 0.15) is 26.7 Å². The van der Waals surface area contributed by atoms with Crippen molar-refractivity contribution < 1.29 is 8.42 Å². The fraction of sp³-hybridized carbons (Fsp3) is 0.556. The topological polar surface area (TPSA) is 46.2 Å². The summed E-state index contributed by atoms with van der Waals surface area (Å²) >= 11 is 0. The molecule has 0 atom stereocenters. The van der Waals surface area contributed by atoms with Crippen LogP contribution in [0.5, 0.6) is 0 Å². The summed E-state index contributed by atoms with van der Waals surface area (Å²) in [6.45, 7) is 4.08. The third kappa shape index (κ3) is 2.42. The number of hydrogen-bond donors (Lipinski definition) is 1. The average molecular weight is 201 g/mol. The van der Waals surface area contributed by atoms with E-state index in [1.165, 1.54) is 0 Å². The van der Waals surface area contributed by atoms with E-state index in [4.69, 9.17) is 0 Å². The molecule has 1 N–H and O–H groups in total. The maximum Gasteiger partial charge on any atom is 0.240 e. The second-order valence-corrected chi connectivity index (χ2v) is 4.82. The minimum absolute atomic E-state index is 0.437. The Morgan fingerprint density at radius 3 is 2.77 bits per heavy atom. The van der Waals surface area contributed by atoms with Crippen molar-refractivity contribution in [3.63, 3.8) is 0 Å². The van der Waals surface area contributed by atoms with Gasteiger partial charge in [0, 0.05) is 6.54 Å². The van der Waals surface area contributed by atoms with Crippen molar-refractivity contribution in [3.8, 4) is 0 Å². The molecule has 0 aromatic carbocycles. The van der Waals surface area contributed by atoms with Gasteiger partial charge in [-0.25, -0.2) is 13.1 Å². The van der Waals surface area contributed by atoms with Crippen molar-refractivity contribution in [3.05, 3.63) is 22.6 Å². The van der Waals surface area contributed by atoms with Gasteiger partial charge in [0.2, 0.25) is 10.0 Å². The molecule has 0 aromatic heterocycles. The van der Waals surface area contributed by atoms with Crippen LogP contribution in [0.3, 0.4) is 0 Å². The highest BCUT2D eigenvalue weighted by molar-refractivity contribution is 7.93. The van der Waals surface area contributed by atoms with E-state index in [1.807, 2.05) is 13.0 Å². The first-order valence-electron chi connectivity index (χ1n) is 4.44. The lowest BCUT2D eigenvalue weighted by molar-refractivity contribution is 0.590. The van der Waals surface area contributed by atoms with Gasteiger partial charge in [0.25, 0.3) is 0 Å². The summed E-state index contributed by atoms with van der Waals surface area (Å²) in [6.07, 6.45) is 5.38. The molecule has 0 radical (unpaired) electrons. The Morgan fingerprint density at radius 1 is 1.54 bits per heavy atom.